The molecule has 0 aromatic carbocycles. The number of nitro groups is 1. The number of ether oxygens (including phenoxy) is 1. The third kappa shape index (κ3) is 2.25. The van der Waals surface area contributed by atoms with Crippen molar-refractivity contribution in [3.63, 3.8) is 0 Å². The van der Waals surface area contributed by atoms with Gasteiger partial charge in [0, 0.05) is 6.20 Å². The smallest absolute Gasteiger partial charge is 0.372 e. The first-order valence-corrected chi connectivity index (χ1v) is 4.51. The second kappa shape index (κ2) is 4.39. The first-order valence-electron chi connectivity index (χ1n) is 4.51. The molecule has 0 spiro atoms. The molecule has 2 N–H and O–H groups in total. The summed E-state index contributed by atoms with van der Waals surface area (Å²) in [5.74, 6) is -0.131. The van der Waals surface area contributed by atoms with Gasteiger partial charge >= 0.3 is 11.6 Å². The Hall–Kier alpha value is -2.77. The third-order valence-corrected chi connectivity index (χ3v) is 1.85. The van der Waals surface area contributed by atoms with Crippen molar-refractivity contribution in [2.45, 2.75) is 0 Å². The lowest BCUT2D eigenvalue weighted by molar-refractivity contribution is -0.385. The standard InChI is InChI=1S/C9H7N5O3/c10-8-7(14(15)16)9(13-5-12-8)17-6-2-1-3-11-4-6/h1-5H,(H2,10,12,13). The molecule has 0 fully saturated rings. The maximum Gasteiger partial charge on any atom is 0.372 e. The van der Waals surface area contributed by atoms with Crippen LogP contribution in [0.3, 0.4) is 0 Å². The molecule has 2 aromatic heterocycles. The van der Waals surface area contributed by atoms with E-state index in [-0.39, 0.29) is 11.7 Å². The second-order valence-corrected chi connectivity index (χ2v) is 2.96. The zero-order chi connectivity index (χ0) is 12.3. The van der Waals surface area contributed by atoms with E-state index < -0.39 is 10.6 Å². The number of anilines is 1. The van der Waals surface area contributed by atoms with Crippen molar-refractivity contribution < 1.29 is 9.66 Å². The summed E-state index contributed by atoms with van der Waals surface area (Å²) in [6.45, 7) is 0. The van der Waals surface area contributed by atoms with E-state index in [1.807, 2.05) is 0 Å². The molecular weight excluding hydrogens is 226 g/mol. The molecule has 0 atom stereocenters. The van der Waals surface area contributed by atoms with Crippen LogP contribution in [0.5, 0.6) is 11.6 Å². The highest BCUT2D eigenvalue weighted by molar-refractivity contribution is 5.58. The number of nitrogens with two attached hydrogens (primary N) is 1. The summed E-state index contributed by atoms with van der Waals surface area (Å²) in [5.41, 5.74) is 4.93. The lowest BCUT2D eigenvalue weighted by Gasteiger charge is -2.04. The van der Waals surface area contributed by atoms with Crippen LogP contribution in [0.15, 0.2) is 30.9 Å². The number of rotatable bonds is 3. The van der Waals surface area contributed by atoms with Crippen LogP contribution >= 0.6 is 0 Å². The molecule has 0 unspecified atom stereocenters. The van der Waals surface area contributed by atoms with E-state index in [0.717, 1.165) is 6.33 Å². The Balaban J connectivity index is 2.40. The van der Waals surface area contributed by atoms with E-state index in [4.69, 9.17) is 10.5 Å². The van der Waals surface area contributed by atoms with Gasteiger partial charge in [-0.05, 0) is 12.1 Å². The minimum atomic E-state index is -0.693. The lowest BCUT2D eigenvalue weighted by Crippen LogP contribution is -2.02. The van der Waals surface area contributed by atoms with Crippen molar-refractivity contribution in [2.75, 3.05) is 5.73 Å². The minimum absolute atomic E-state index is 0.212. The molecule has 17 heavy (non-hydrogen) atoms. The van der Waals surface area contributed by atoms with Crippen LogP contribution in [0, 0.1) is 10.1 Å². The van der Waals surface area contributed by atoms with E-state index in [1.54, 1.807) is 18.3 Å². The van der Waals surface area contributed by atoms with Gasteiger partial charge in [-0.3, -0.25) is 15.1 Å². The van der Waals surface area contributed by atoms with Crippen molar-refractivity contribution in [1.29, 1.82) is 0 Å². The van der Waals surface area contributed by atoms with Gasteiger partial charge in [-0.15, -0.1) is 0 Å². The average molecular weight is 233 g/mol. The van der Waals surface area contributed by atoms with Crippen LogP contribution < -0.4 is 10.5 Å². The van der Waals surface area contributed by atoms with Crippen molar-refractivity contribution in [3.8, 4) is 11.6 Å². The third-order valence-electron chi connectivity index (χ3n) is 1.85. The second-order valence-electron chi connectivity index (χ2n) is 2.96. The van der Waals surface area contributed by atoms with Crippen molar-refractivity contribution in [2.24, 2.45) is 0 Å². The molecule has 8 nitrogen and oxygen atoms in total. The number of aromatic nitrogens is 3. The van der Waals surface area contributed by atoms with Crippen molar-refractivity contribution in [3.05, 3.63) is 41.0 Å². The molecule has 0 aliphatic heterocycles. The predicted octanol–water partition coefficient (Wildman–Crippen LogP) is 1.15. The molecule has 86 valence electrons. The Morgan fingerprint density at radius 3 is 2.88 bits per heavy atom. The van der Waals surface area contributed by atoms with Gasteiger partial charge in [0.1, 0.15) is 12.1 Å². The molecule has 0 amide bonds. The Bertz CT molecular complexity index is 546. The molecule has 0 bridgehead atoms. The number of nitrogen functional groups attached to an aromatic ring is 1. The molecule has 0 saturated heterocycles. The zero-order valence-electron chi connectivity index (χ0n) is 8.48. The van der Waals surface area contributed by atoms with Gasteiger partial charge < -0.3 is 10.5 Å². The van der Waals surface area contributed by atoms with Crippen LogP contribution in [0.1, 0.15) is 0 Å². The summed E-state index contributed by atoms with van der Waals surface area (Å²) < 4.78 is 5.22. The van der Waals surface area contributed by atoms with Crippen molar-refractivity contribution >= 4 is 11.5 Å². The summed E-state index contributed by atoms with van der Waals surface area (Å²) in [5, 5.41) is 10.8. The van der Waals surface area contributed by atoms with Crippen LogP contribution in [0.2, 0.25) is 0 Å². The first-order chi connectivity index (χ1) is 8.18. The van der Waals surface area contributed by atoms with E-state index >= 15 is 0 Å². The Morgan fingerprint density at radius 1 is 1.41 bits per heavy atom. The molecule has 0 aliphatic rings. The van der Waals surface area contributed by atoms with Gasteiger partial charge in [-0.2, -0.15) is 4.98 Å². The first kappa shape index (κ1) is 10.7. The number of hydrogen-bond acceptors (Lipinski definition) is 7. The highest BCUT2D eigenvalue weighted by Gasteiger charge is 2.22. The highest BCUT2D eigenvalue weighted by Crippen LogP contribution is 2.31. The molecular formula is C9H7N5O3. The molecule has 0 aliphatic carbocycles. The van der Waals surface area contributed by atoms with Crippen LogP contribution in [-0.4, -0.2) is 19.9 Å². The number of nitrogens with zero attached hydrogens (tertiary/aromatic N) is 4. The van der Waals surface area contributed by atoms with E-state index in [0.29, 0.717) is 5.75 Å². The molecule has 0 radical (unpaired) electrons. The zero-order valence-corrected chi connectivity index (χ0v) is 8.48. The number of pyridine rings is 1. The predicted molar refractivity (Wildman–Crippen MR) is 57.4 cm³/mol. The summed E-state index contributed by atoms with van der Waals surface area (Å²) in [6, 6.07) is 3.22. The Morgan fingerprint density at radius 2 is 2.24 bits per heavy atom. The van der Waals surface area contributed by atoms with E-state index in [9.17, 15) is 10.1 Å². The molecule has 2 rings (SSSR count). The van der Waals surface area contributed by atoms with Crippen LogP contribution in [-0.2, 0) is 0 Å². The van der Waals surface area contributed by atoms with Crippen LogP contribution in [0.4, 0.5) is 11.5 Å². The fraction of sp³-hybridized carbons (Fsp3) is 0. The molecule has 2 aromatic rings. The largest absolute Gasteiger partial charge is 0.432 e. The van der Waals surface area contributed by atoms with E-state index in [1.165, 1.54) is 6.20 Å². The van der Waals surface area contributed by atoms with Gasteiger partial charge in [-0.25, -0.2) is 4.98 Å². The Kier molecular flexibility index (Phi) is 2.77. The molecule has 2 heterocycles. The topological polar surface area (TPSA) is 117 Å². The molecule has 8 heteroatoms. The quantitative estimate of drug-likeness (QED) is 0.624. The maximum atomic E-state index is 10.8. The lowest BCUT2D eigenvalue weighted by atomic mass is 10.4. The SMILES string of the molecule is Nc1ncnc(Oc2cccnc2)c1[N+](=O)[O-]. The van der Waals surface area contributed by atoms with Gasteiger partial charge in [0.15, 0.2) is 0 Å². The van der Waals surface area contributed by atoms with Gasteiger partial charge in [0.2, 0.25) is 5.82 Å². The normalized spacial score (nSPS) is 9.88. The number of hydrogen-bond donors (Lipinski definition) is 1. The Labute approximate surface area is 95.3 Å². The summed E-state index contributed by atoms with van der Waals surface area (Å²) in [4.78, 5) is 21.1. The van der Waals surface area contributed by atoms with Crippen LogP contribution in [0.25, 0.3) is 0 Å². The fourth-order valence-electron chi connectivity index (χ4n) is 1.14. The summed E-state index contributed by atoms with van der Waals surface area (Å²) in [7, 11) is 0. The maximum absolute atomic E-state index is 10.8. The summed E-state index contributed by atoms with van der Waals surface area (Å²) >= 11 is 0. The van der Waals surface area contributed by atoms with Gasteiger partial charge in [-0.1, -0.05) is 0 Å². The van der Waals surface area contributed by atoms with Gasteiger partial charge in [0.25, 0.3) is 0 Å². The van der Waals surface area contributed by atoms with Gasteiger partial charge in [0.05, 0.1) is 11.1 Å². The fourth-order valence-corrected chi connectivity index (χ4v) is 1.14. The monoisotopic (exact) mass is 233 g/mol. The average Bonchev–Trinajstić information content (AvgIpc) is 2.30. The summed E-state index contributed by atoms with van der Waals surface area (Å²) in [6.07, 6.45) is 4.05. The minimum Gasteiger partial charge on any atom is -0.432 e. The van der Waals surface area contributed by atoms with E-state index in [2.05, 4.69) is 15.0 Å². The van der Waals surface area contributed by atoms with Crippen molar-refractivity contribution in [1.82, 2.24) is 15.0 Å². The highest BCUT2D eigenvalue weighted by atomic mass is 16.6. The molecule has 0 saturated carbocycles.